The fourth-order valence-corrected chi connectivity index (χ4v) is 4.74. The van der Waals surface area contributed by atoms with Crippen molar-refractivity contribution in [3.05, 3.63) is 5.82 Å². The Hall–Kier alpha value is -0.490. The fraction of sp³-hybridized carbons (Fsp3) is 0.818. The van der Waals surface area contributed by atoms with Gasteiger partial charge in [-0.3, -0.25) is 4.21 Å². The average molecular weight is 273 g/mol. The molecule has 0 spiro atoms. The van der Waals surface area contributed by atoms with Crippen LogP contribution in [0, 0.1) is 6.92 Å². The van der Waals surface area contributed by atoms with Crippen LogP contribution < -0.4 is 4.90 Å². The van der Waals surface area contributed by atoms with Crippen molar-refractivity contribution in [3.63, 3.8) is 0 Å². The van der Waals surface area contributed by atoms with Crippen LogP contribution in [0.25, 0.3) is 0 Å². The molecule has 0 N–H and O–H groups in total. The summed E-state index contributed by atoms with van der Waals surface area (Å²) in [6.45, 7) is 7.87. The van der Waals surface area contributed by atoms with Gasteiger partial charge in [0.1, 0.15) is 5.82 Å². The monoisotopic (exact) mass is 273 g/mol. The Labute approximate surface area is 109 Å². The van der Waals surface area contributed by atoms with E-state index in [9.17, 15) is 4.21 Å². The standard InChI is InChI=1S/C11H19N3OS2/c1-4-11(5-2)8-14(6-7-17(11)15)10-12-9(3)13-16-10/h4-8H2,1-3H3. The third-order valence-corrected chi connectivity index (χ3v) is 6.68. The minimum Gasteiger partial charge on any atom is -0.344 e. The summed E-state index contributed by atoms with van der Waals surface area (Å²) in [4.78, 5) is 6.68. The van der Waals surface area contributed by atoms with Gasteiger partial charge in [-0.2, -0.15) is 4.37 Å². The van der Waals surface area contributed by atoms with Crippen LogP contribution in [0.15, 0.2) is 0 Å². The van der Waals surface area contributed by atoms with Gasteiger partial charge in [-0.25, -0.2) is 4.98 Å². The van der Waals surface area contributed by atoms with Crippen molar-refractivity contribution >= 4 is 27.5 Å². The van der Waals surface area contributed by atoms with Crippen LogP contribution >= 0.6 is 11.5 Å². The lowest BCUT2D eigenvalue weighted by molar-refractivity contribution is 0.496. The van der Waals surface area contributed by atoms with Crippen LogP contribution in [0.3, 0.4) is 0 Å². The maximum atomic E-state index is 12.2. The van der Waals surface area contributed by atoms with Gasteiger partial charge < -0.3 is 4.90 Å². The Bertz CT molecular complexity index is 415. The number of rotatable bonds is 3. The molecule has 1 aliphatic rings. The molecule has 1 saturated heterocycles. The molecule has 1 aromatic rings. The molecule has 2 heterocycles. The van der Waals surface area contributed by atoms with E-state index >= 15 is 0 Å². The molecule has 1 aliphatic heterocycles. The van der Waals surface area contributed by atoms with Crippen molar-refractivity contribution in [1.29, 1.82) is 0 Å². The molecule has 17 heavy (non-hydrogen) atoms. The predicted octanol–water partition coefficient (Wildman–Crippen LogP) is 1.97. The van der Waals surface area contributed by atoms with Crippen molar-refractivity contribution < 1.29 is 4.21 Å². The number of aromatic nitrogens is 2. The van der Waals surface area contributed by atoms with Gasteiger partial charge in [0.2, 0.25) is 5.13 Å². The first-order valence-corrected chi connectivity index (χ1v) is 8.14. The summed E-state index contributed by atoms with van der Waals surface area (Å²) >= 11 is 1.44. The summed E-state index contributed by atoms with van der Waals surface area (Å²) in [6.07, 6.45) is 1.93. The predicted molar refractivity (Wildman–Crippen MR) is 73.2 cm³/mol. The van der Waals surface area contributed by atoms with Crippen molar-refractivity contribution in [3.8, 4) is 0 Å². The third kappa shape index (κ3) is 2.38. The number of hydrogen-bond acceptors (Lipinski definition) is 5. The van der Waals surface area contributed by atoms with E-state index in [1.54, 1.807) is 0 Å². The minimum absolute atomic E-state index is 0.0577. The molecule has 0 bridgehead atoms. The van der Waals surface area contributed by atoms with E-state index in [0.717, 1.165) is 42.6 Å². The molecule has 0 aliphatic carbocycles. The van der Waals surface area contributed by atoms with E-state index in [1.807, 2.05) is 6.92 Å². The Morgan fingerprint density at radius 3 is 2.71 bits per heavy atom. The van der Waals surface area contributed by atoms with Crippen molar-refractivity contribution in [2.75, 3.05) is 23.7 Å². The zero-order valence-electron chi connectivity index (χ0n) is 10.6. The van der Waals surface area contributed by atoms with Crippen LogP contribution in [0.4, 0.5) is 5.13 Å². The molecule has 96 valence electrons. The SMILES string of the molecule is CCC1(CC)CN(c2nc(C)ns2)CCS1=O. The molecule has 6 heteroatoms. The molecule has 0 amide bonds. The van der Waals surface area contributed by atoms with E-state index in [0.29, 0.717) is 0 Å². The van der Waals surface area contributed by atoms with Crippen LogP contribution in [0.1, 0.15) is 32.5 Å². The average Bonchev–Trinajstić information content (AvgIpc) is 2.77. The molecular weight excluding hydrogens is 254 g/mol. The maximum absolute atomic E-state index is 12.2. The van der Waals surface area contributed by atoms with Gasteiger partial charge in [-0.05, 0) is 19.8 Å². The van der Waals surface area contributed by atoms with Gasteiger partial charge in [0, 0.05) is 41.2 Å². The molecule has 4 nitrogen and oxygen atoms in total. The second-order valence-electron chi connectivity index (χ2n) is 4.49. The van der Waals surface area contributed by atoms with Crippen LogP contribution in [0.2, 0.25) is 0 Å². The van der Waals surface area contributed by atoms with Crippen molar-refractivity contribution in [1.82, 2.24) is 9.36 Å². The first kappa shape index (κ1) is 13.0. The highest BCUT2D eigenvalue weighted by atomic mass is 32.2. The topological polar surface area (TPSA) is 46.1 Å². The highest BCUT2D eigenvalue weighted by Gasteiger charge is 2.39. The van der Waals surface area contributed by atoms with Gasteiger partial charge in [0.05, 0.1) is 4.75 Å². The highest BCUT2D eigenvalue weighted by Crippen LogP contribution is 2.31. The Balaban J connectivity index is 2.20. The molecule has 2 rings (SSSR count). The third-order valence-electron chi connectivity index (χ3n) is 3.58. The Kier molecular flexibility index (Phi) is 3.82. The summed E-state index contributed by atoms with van der Waals surface area (Å²) in [7, 11) is -0.710. The van der Waals surface area contributed by atoms with Gasteiger partial charge in [-0.15, -0.1) is 0 Å². The molecule has 0 radical (unpaired) electrons. The summed E-state index contributed by atoms with van der Waals surface area (Å²) in [5.74, 6) is 1.58. The minimum atomic E-state index is -0.710. The summed E-state index contributed by atoms with van der Waals surface area (Å²) < 4.78 is 16.4. The van der Waals surface area contributed by atoms with E-state index < -0.39 is 10.8 Å². The largest absolute Gasteiger partial charge is 0.344 e. The Morgan fingerprint density at radius 2 is 2.18 bits per heavy atom. The summed E-state index contributed by atoms with van der Waals surface area (Å²) in [5.41, 5.74) is 0. The molecular formula is C11H19N3OS2. The summed E-state index contributed by atoms with van der Waals surface area (Å²) in [6, 6.07) is 0. The molecule has 1 unspecified atom stereocenters. The number of aryl methyl sites for hydroxylation is 1. The quantitative estimate of drug-likeness (QED) is 0.845. The van der Waals surface area contributed by atoms with Crippen molar-refractivity contribution in [2.24, 2.45) is 0 Å². The number of anilines is 1. The molecule has 1 atom stereocenters. The van der Waals surface area contributed by atoms with Gasteiger partial charge in [-0.1, -0.05) is 13.8 Å². The van der Waals surface area contributed by atoms with Crippen molar-refractivity contribution in [2.45, 2.75) is 38.4 Å². The molecule has 0 aromatic carbocycles. The number of nitrogens with zero attached hydrogens (tertiary/aromatic N) is 3. The van der Waals surface area contributed by atoms with Gasteiger partial charge in [0.15, 0.2) is 0 Å². The van der Waals surface area contributed by atoms with E-state index in [2.05, 4.69) is 28.1 Å². The van der Waals surface area contributed by atoms with E-state index in [-0.39, 0.29) is 4.75 Å². The first-order chi connectivity index (χ1) is 8.11. The van der Waals surface area contributed by atoms with E-state index in [4.69, 9.17) is 0 Å². The lowest BCUT2D eigenvalue weighted by Gasteiger charge is -2.40. The van der Waals surface area contributed by atoms with Crippen LogP contribution in [0.5, 0.6) is 0 Å². The fourth-order valence-electron chi connectivity index (χ4n) is 2.28. The van der Waals surface area contributed by atoms with Crippen LogP contribution in [-0.2, 0) is 10.8 Å². The summed E-state index contributed by atoms with van der Waals surface area (Å²) in [5, 5.41) is 0.977. The molecule has 0 saturated carbocycles. The lowest BCUT2D eigenvalue weighted by atomic mass is 10.0. The molecule has 1 aromatic heterocycles. The highest BCUT2D eigenvalue weighted by molar-refractivity contribution is 7.86. The smallest absolute Gasteiger partial charge is 0.205 e. The second kappa shape index (κ2) is 5.02. The van der Waals surface area contributed by atoms with Crippen LogP contribution in [-0.4, -0.2) is 37.2 Å². The lowest BCUT2D eigenvalue weighted by Crippen LogP contribution is -2.53. The Morgan fingerprint density at radius 1 is 1.47 bits per heavy atom. The molecule has 1 fully saturated rings. The zero-order chi connectivity index (χ0) is 12.5. The second-order valence-corrected chi connectivity index (χ2v) is 7.18. The van der Waals surface area contributed by atoms with E-state index in [1.165, 1.54) is 11.5 Å². The normalized spacial score (nSPS) is 23.9. The maximum Gasteiger partial charge on any atom is 0.205 e. The number of hydrogen-bond donors (Lipinski definition) is 0. The first-order valence-electron chi connectivity index (χ1n) is 6.05. The van der Waals surface area contributed by atoms with Gasteiger partial charge >= 0.3 is 0 Å². The zero-order valence-corrected chi connectivity index (χ0v) is 12.2. The van der Waals surface area contributed by atoms with Gasteiger partial charge in [0.25, 0.3) is 0 Å².